The van der Waals surface area contributed by atoms with Crippen molar-refractivity contribution in [1.82, 2.24) is 9.55 Å². The third-order valence-electron chi connectivity index (χ3n) is 5.20. The topological polar surface area (TPSA) is 72.9 Å². The van der Waals surface area contributed by atoms with Gasteiger partial charge in [0.25, 0.3) is 0 Å². The van der Waals surface area contributed by atoms with E-state index in [-0.39, 0.29) is 12.0 Å². The number of aryl methyl sites for hydroxylation is 1. The zero-order valence-corrected chi connectivity index (χ0v) is 15.2. The highest BCUT2D eigenvalue weighted by Gasteiger charge is 2.37. The van der Waals surface area contributed by atoms with Crippen LogP contribution in [0, 0.1) is 0 Å². The summed E-state index contributed by atoms with van der Waals surface area (Å²) in [7, 11) is 0. The molecule has 1 aliphatic heterocycles. The van der Waals surface area contributed by atoms with Crippen LogP contribution in [0.4, 0.5) is 5.69 Å². The fraction of sp³-hybridized carbons (Fsp3) is 0.182. The molecule has 0 saturated carbocycles. The highest BCUT2D eigenvalue weighted by atomic mass is 16.1. The first-order valence-corrected chi connectivity index (χ1v) is 9.06. The molecule has 0 aliphatic carbocycles. The van der Waals surface area contributed by atoms with Gasteiger partial charge in [0.1, 0.15) is 5.82 Å². The Labute approximate surface area is 158 Å². The highest BCUT2D eigenvalue weighted by Crippen LogP contribution is 2.49. The summed E-state index contributed by atoms with van der Waals surface area (Å²) in [5, 5.41) is 3.61. The van der Waals surface area contributed by atoms with Crippen molar-refractivity contribution >= 4 is 17.2 Å². The minimum Gasteiger partial charge on any atom is -0.377 e. The van der Waals surface area contributed by atoms with E-state index in [0.29, 0.717) is 5.56 Å². The Balaban J connectivity index is 1.93. The van der Waals surface area contributed by atoms with Crippen LogP contribution in [0.1, 0.15) is 46.2 Å². The van der Waals surface area contributed by atoms with E-state index in [1.54, 1.807) is 6.07 Å². The van der Waals surface area contributed by atoms with Gasteiger partial charge in [-0.2, -0.15) is 0 Å². The second kappa shape index (κ2) is 6.76. The SMILES string of the molecule is C=C1c2c(cccc2C(N)=O)NC(c2ccccc2)C1c1nccn1CC. The van der Waals surface area contributed by atoms with E-state index < -0.39 is 5.91 Å². The number of fused-ring (bicyclic) bond motifs is 1. The predicted molar refractivity (Wildman–Crippen MR) is 107 cm³/mol. The van der Waals surface area contributed by atoms with Crippen LogP contribution in [0.3, 0.4) is 0 Å². The summed E-state index contributed by atoms with van der Waals surface area (Å²) in [6, 6.07) is 15.8. The first-order valence-electron chi connectivity index (χ1n) is 9.06. The van der Waals surface area contributed by atoms with E-state index in [2.05, 4.69) is 40.5 Å². The van der Waals surface area contributed by atoms with Gasteiger partial charge in [-0.05, 0) is 30.2 Å². The van der Waals surface area contributed by atoms with Gasteiger partial charge in [0.05, 0.1) is 12.0 Å². The molecule has 2 heterocycles. The van der Waals surface area contributed by atoms with E-state index in [4.69, 9.17) is 5.73 Å². The molecule has 0 saturated heterocycles. The molecule has 27 heavy (non-hydrogen) atoms. The monoisotopic (exact) mass is 358 g/mol. The van der Waals surface area contributed by atoms with E-state index in [9.17, 15) is 4.79 Å². The van der Waals surface area contributed by atoms with Crippen molar-refractivity contribution in [3.63, 3.8) is 0 Å². The van der Waals surface area contributed by atoms with Crippen molar-refractivity contribution in [3.8, 4) is 0 Å². The van der Waals surface area contributed by atoms with Gasteiger partial charge in [0, 0.05) is 35.8 Å². The average molecular weight is 358 g/mol. The third kappa shape index (κ3) is 2.81. The van der Waals surface area contributed by atoms with Gasteiger partial charge >= 0.3 is 0 Å². The maximum atomic E-state index is 12.0. The molecule has 0 radical (unpaired) electrons. The summed E-state index contributed by atoms with van der Waals surface area (Å²) in [4.78, 5) is 16.6. The van der Waals surface area contributed by atoms with Crippen LogP contribution in [-0.2, 0) is 6.54 Å². The summed E-state index contributed by atoms with van der Waals surface area (Å²) in [5.41, 5.74) is 9.77. The third-order valence-corrected chi connectivity index (χ3v) is 5.20. The van der Waals surface area contributed by atoms with Crippen LogP contribution in [0.5, 0.6) is 0 Å². The number of aromatic nitrogens is 2. The molecule has 1 aromatic heterocycles. The number of nitrogens with two attached hydrogens (primary N) is 1. The summed E-state index contributed by atoms with van der Waals surface area (Å²) >= 11 is 0. The molecule has 5 nitrogen and oxygen atoms in total. The van der Waals surface area contributed by atoms with Gasteiger partial charge in [0.2, 0.25) is 5.91 Å². The zero-order valence-electron chi connectivity index (χ0n) is 15.2. The minimum atomic E-state index is -0.453. The predicted octanol–water partition coefficient (Wildman–Crippen LogP) is 3.97. The first kappa shape index (κ1) is 17.1. The molecule has 1 amide bonds. The van der Waals surface area contributed by atoms with Gasteiger partial charge in [-0.3, -0.25) is 4.79 Å². The van der Waals surface area contributed by atoms with Crippen LogP contribution in [-0.4, -0.2) is 15.5 Å². The molecular formula is C22H22N4O. The molecule has 3 aromatic rings. The highest BCUT2D eigenvalue weighted by molar-refractivity contribution is 6.02. The number of nitrogens with zero attached hydrogens (tertiary/aromatic N) is 2. The standard InChI is InChI=1S/C22H22N4O/c1-3-26-13-12-24-22(26)19-14(2)18-16(21(23)27)10-7-11-17(18)25-20(19)15-8-5-4-6-9-15/h4-13,19-20,25H,2-3H2,1H3,(H2,23,27). The Kier molecular flexibility index (Phi) is 4.28. The van der Waals surface area contributed by atoms with Crippen molar-refractivity contribution in [2.24, 2.45) is 5.73 Å². The molecule has 0 fully saturated rings. The molecule has 4 rings (SSSR count). The number of amides is 1. The molecule has 2 unspecified atom stereocenters. The molecule has 136 valence electrons. The lowest BCUT2D eigenvalue weighted by molar-refractivity contribution is 0.1000. The quantitative estimate of drug-likeness (QED) is 0.741. The number of nitrogens with one attached hydrogen (secondary N) is 1. The van der Waals surface area contributed by atoms with Crippen molar-refractivity contribution in [2.75, 3.05) is 5.32 Å². The Morgan fingerprint density at radius 1 is 1.22 bits per heavy atom. The fourth-order valence-corrected chi connectivity index (χ4v) is 3.94. The van der Waals surface area contributed by atoms with Gasteiger partial charge < -0.3 is 15.6 Å². The summed E-state index contributed by atoms with van der Waals surface area (Å²) < 4.78 is 2.12. The minimum absolute atomic E-state index is 0.0398. The average Bonchev–Trinajstić information content (AvgIpc) is 3.16. The van der Waals surface area contributed by atoms with Crippen LogP contribution >= 0.6 is 0 Å². The van der Waals surface area contributed by atoms with Crippen molar-refractivity contribution in [2.45, 2.75) is 25.4 Å². The number of hydrogen-bond donors (Lipinski definition) is 2. The van der Waals surface area contributed by atoms with Gasteiger partial charge in [0.15, 0.2) is 0 Å². The molecule has 2 aromatic carbocycles. The van der Waals surface area contributed by atoms with E-state index in [1.807, 2.05) is 42.7 Å². The lowest BCUT2D eigenvalue weighted by Crippen LogP contribution is -2.29. The number of carbonyl (C=O) groups excluding carboxylic acids is 1. The number of carbonyl (C=O) groups is 1. The molecule has 3 N–H and O–H groups in total. The maximum Gasteiger partial charge on any atom is 0.249 e. The Bertz CT molecular complexity index is 1010. The Morgan fingerprint density at radius 3 is 2.70 bits per heavy atom. The van der Waals surface area contributed by atoms with E-state index in [0.717, 1.165) is 34.8 Å². The smallest absolute Gasteiger partial charge is 0.249 e. The number of imidazole rings is 1. The van der Waals surface area contributed by atoms with E-state index in [1.165, 1.54) is 0 Å². The lowest BCUT2D eigenvalue weighted by Gasteiger charge is -2.37. The maximum absolute atomic E-state index is 12.0. The van der Waals surface area contributed by atoms with Gasteiger partial charge in [-0.25, -0.2) is 4.98 Å². The second-order valence-electron chi connectivity index (χ2n) is 6.70. The molecule has 1 aliphatic rings. The largest absolute Gasteiger partial charge is 0.377 e. The molecule has 0 spiro atoms. The molecular weight excluding hydrogens is 336 g/mol. The van der Waals surface area contributed by atoms with Crippen molar-refractivity contribution < 1.29 is 4.79 Å². The number of primary amides is 1. The molecule has 0 bridgehead atoms. The van der Waals surface area contributed by atoms with E-state index >= 15 is 0 Å². The number of rotatable bonds is 4. The Hall–Kier alpha value is -3.34. The van der Waals surface area contributed by atoms with Crippen LogP contribution in [0.2, 0.25) is 0 Å². The Morgan fingerprint density at radius 2 is 2.00 bits per heavy atom. The van der Waals surface area contributed by atoms with Crippen LogP contribution < -0.4 is 11.1 Å². The molecule has 5 heteroatoms. The number of hydrogen-bond acceptors (Lipinski definition) is 3. The normalized spacial score (nSPS) is 18.6. The summed E-state index contributed by atoms with van der Waals surface area (Å²) in [6.07, 6.45) is 3.78. The number of benzene rings is 2. The first-order chi connectivity index (χ1) is 13.1. The van der Waals surface area contributed by atoms with Crippen molar-refractivity contribution in [3.05, 3.63) is 90.0 Å². The van der Waals surface area contributed by atoms with Crippen LogP contribution in [0.15, 0.2) is 67.5 Å². The van der Waals surface area contributed by atoms with Crippen LogP contribution in [0.25, 0.3) is 5.57 Å². The molecule has 2 atom stereocenters. The second-order valence-corrected chi connectivity index (χ2v) is 6.70. The summed E-state index contributed by atoms with van der Waals surface area (Å²) in [6.45, 7) is 7.28. The van der Waals surface area contributed by atoms with Gasteiger partial charge in [-0.15, -0.1) is 0 Å². The number of anilines is 1. The van der Waals surface area contributed by atoms with Gasteiger partial charge in [-0.1, -0.05) is 43.0 Å². The summed E-state index contributed by atoms with van der Waals surface area (Å²) in [5.74, 6) is 0.356. The lowest BCUT2D eigenvalue weighted by atomic mass is 9.78. The van der Waals surface area contributed by atoms with Crippen molar-refractivity contribution in [1.29, 1.82) is 0 Å². The zero-order chi connectivity index (χ0) is 19.0. The fourth-order valence-electron chi connectivity index (χ4n) is 3.94.